The van der Waals surface area contributed by atoms with Crippen molar-refractivity contribution < 1.29 is 36.7 Å². The maximum absolute atomic E-state index is 13.8. The fraction of sp³-hybridized carbons (Fsp3) is 0.357. The van der Waals surface area contributed by atoms with Gasteiger partial charge in [-0.05, 0) is 54.8 Å². The lowest BCUT2D eigenvalue weighted by molar-refractivity contribution is -0.138. The molecule has 1 unspecified atom stereocenters. The number of likely N-dealkylation sites (tertiary alicyclic amines) is 1. The maximum atomic E-state index is 13.8. The van der Waals surface area contributed by atoms with Gasteiger partial charge < -0.3 is 9.64 Å². The van der Waals surface area contributed by atoms with Gasteiger partial charge in [0.15, 0.2) is 0 Å². The van der Waals surface area contributed by atoms with Crippen molar-refractivity contribution in [1.29, 1.82) is 0 Å². The minimum absolute atomic E-state index is 0.0162. The Morgan fingerprint density at radius 1 is 1.07 bits per heavy atom. The summed E-state index contributed by atoms with van der Waals surface area (Å²) in [6.45, 7) is 2.07. The van der Waals surface area contributed by atoms with Crippen molar-refractivity contribution in [2.24, 2.45) is 0 Å². The van der Waals surface area contributed by atoms with Crippen LogP contribution in [-0.2, 0) is 28.9 Å². The van der Waals surface area contributed by atoms with Crippen LogP contribution in [0.5, 0.6) is 5.75 Å². The first-order valence-corrected chi connectivity index (χ1v) is 13.1. The summed E-state index contributed by atoms with van der Waals surface area (Å²) in [4.78, 5) is 40.3. The van der Waals surface area contributed by atoms with E-state index in [1.807, 2.05) is 0 Å². The number of nitrogens with zero attached hydrogens (tertiary/aromatic N) is 4. The largest absolute Gasteiger partial charge is 0.489 e. The highest BCUT2D eigenvalue weighted by molar-refractivity contribution is 6.05. The van der Waals surface area contributed by atoms with E-state index in [0.717, 1.165) is 36.2 Å². The standard InChI is InChI=1S/C28H25F4N5O4/c29-19-8-18(28(30,31)32)9-20(10-19)37-13-16(11-33-37)12-35-6-5-22(15-35)41-21-1-2-23-17(7-21)14-36(27(23)40)24-3-4-25(38)34-26(24)39/h1-2,7-11,13,22,24H,3-6,12,14-15H2,(H,34,38,39)/t22-,24?/m0/s1. The van der Waals surface area contributed by atoms with Crippen LogP contribution < -0.4 is 10.1 Å². The summed E-state index contributed by atoms with van der Waals surface area (Å²) in [6, 6.07) is 6.85. The van der Waals surface area contributed by atoms with Gasteiger partial charge in [-0.2, -0.15) is 18.3 Å². The molecule has 9 nitrogen and oxygen atoms in total. The first-order chi connectivity index (χ1) is 19.5. The quantitative estimate of drug-likeness (QED) is 0.360. The van der Waals surface area contributed by atoms with Crippen LogP contribution in [0.4, 0.5) is 17.6 Å². The summed E-state index contributed by atoms with van der Waals surface area (Å²) in [6.07, 6.45) is -0.449. The van der Waals surface area contributed by atoms with E-state index in [9.17, 15) is 31.9 Å². The number of ether oxygens (including phenoxy) is 1. The second-order valence-corrected chi connectivity index (χ2v) is 10.5. The highest BCUT2D eigenvalue weighted by Crippen LogP contribution is 2.32. The molecule has 3 amide bonds. The molecule has 2 fully saturated rings. The molecule has 2 aromatic carbocycles. The van der Waals surface area contributed by atoms with Crippen LogP contribution in [0, 0.1) is 5.82 Å². The van der Waals surface area contributed by atoms with Crippen LogP contribution in [0.1, 0.15) is 46.3 Å². The van der Waals surface area contributed by atoms with Crippen molar-refractivity contribution >= 4 is 17.7 Å². The average Bonchev–Trinajstić information content (AvgIpc) is 3.63. The highest BCUT2D eigenvalue weighted by Gasteiger charge is 2.39. The number of carbonyl (C=O) groups is 3. The van der Waals surface area contributed by atoms with Crippen LogP contribution in [0.15, 0.2) is 48.8 Å². The molecule has 1 N–H and O–H groups in total. The van der Waals surface area contributed by atoms with Gasteiger partial charge in [0.1, 0.15) is 23.7 Å². The van der Waals surface area contributed by atoms with E-state index in [0.29, 0.717) is 36.9 Å². The summed E-state index contributed by atoms with van der Waals surface area (Å²) in [5, 5.41) is 6.41. The van der Waals surface area contributed by atoms with Gasteiger partial charge in [0.2, 0.25) is 11.8 Å². The molecule has 41 heavy (non-hydrogen) atoms. The Morgan fingerprint density at radius 3 is 2.68 bits per heavy atom. The van der Waals surface area contributed by atoms with Gasteiger partial charge >= 0.3 is 6.18 Å². The zero-order valence-electron chi connectivity index (χ0n) is 21.7. The van der Waals surface area contributed by atoms with E-state index < -0.39 is 29.5 Å². The molecule has 3 aliphatic rings. The summed E-state index contributed by atoms with van der Waals surface area (Å²) < 4.78 is 60.5. The Labute approximate surface area is 231 Å². The van der Waals surface area contributed by atoms with Crippen molar-refractivity contribution in [2.75, 3.05) is 13.1 Å². The Balaban J connectivity index is 1.06. The molecule has 0 spiro atoms. The molecule has 3 aromatic rings. The zero-order chi connectivity index (χ0) is 28.9. The monoisotopic (exact) mass is 571 g/mol. The van der Waals surface area contributed by atoms with Crippen LogP contribution in [0.3, 0.4) is 0 Å². The number of amides is 3. The SMILES string of the molecule is O=C1CCC(N2Cc3cc(O[C@H]4CCN(Cc5cnn(-c6cc(F)cc(C(F)(F)F)c6)c5)C4)ccc3C2=O)C(=O)N1. The van der Waals surface area contributed by atoms with Gasteiger partial charge in [-0.1, -0.05) is 0 Å². The topological polar surface area (TPSA) is 96.8 Å². The number of nitrogens with one attached hydrogen (secondary N) is 1. The molecule has 0 bridgehead atoms. The molecular weight excluding hydrogens is 546 g/mol. The van der Waals surface area contributed by atoms with Crippen LogP contribution in [0.25, 0.3) is 5.69 Å². The smallest absolute Gasteiger partial charge is 0.416 e. The van der Waals surface area contributed by atoms with Crippen molar-refractivity contribution in [3.05, 3.63) is 76.9 Å². The molecule has 13 heteroatoms. The number of piperidine rings is 1. The number of carbonyl (C=O) groups excluding carboxylic acids is 3. The normalized spacial score (nSPS) is 21.4. The van der Waals surface area contributed by atoms with Gasteiger partial charge in [-0.3, -0.25) is 24.6 Å². The Kier molecular flexibility index (Phi) is 6.76. The summed E-state index contributed by atoms with van der Waals surface area (Å²) in [5.74, 6) is -1.44. The van der Waals surface area contributed by atoms with Crippen molar-refractivity contribution in [3.8, 4) is 11.4 Å². The van der Waals surface area contributed by atoms with Crippen molar-refractivity contribution in [3.63, 3.8) is 0 Å². The number of hydrogen-bond acceptors (Lipinski definition) is 6. The molecule has 0 aliphatic carbocycles. The highest BCUT2D eigenvalue weighted by atomic mass is 19.4. The van der Waals surface area contributed by atoms with Gasteiger partial charge in [-0.15, -0.1) is 0 Å². The second kappa shape index (κ2) is 10.3. The molecular formula is C28H25F4N5O4. The third-order valence-corrected chi connectivity index (χ3v) is 7.54. The predicted octanol–water partition coefficient (Wildman–Crippen LogP) is 3.44. The Hall–Kier alpha value is -4.26. The van der Waals surface area contributed by atoms with Gasteiger partial charge in [0, 0.05) is 49.9 Å². The number of hydrogen-bond donors (Lipinski definition) is 1. The van der Waals surface area contributed by atoms with E-state index in [4.69, 9.17) is 4.74 Å². The third kappa shape index (κ3) is 5.53. The third-order valence-electron chi connectivity index (χ3n) is 7.54. The summed E-state index contributed by atoms with van der Waals surface area (Å²) in [5.41, 5.74) is 0.924. The molecule has 6 rings (SSSR count). The number of alkyl halides is 3. The summed E-state index contributed by atoms with van der Waals surface area (Å²) >= 11 is 0. The number of imide groups is 1. The zero-order valence-corrected chi connectivity index (χ0v) is 21.7. The molecule has 1 aromatic heterocycles. The minimum atomic E-state index is -4.67. The first kappa shape index (κ1) is 26.9. The van der Waals surface area contributed by atoms with Crippen LogP contribution in [-0.4, -0.2) is 62.5 Å². The average molecular weight is 572 g/mol. The Bertz CT molecular complexity index is 1540. The van der Waals surface area contributed by atoms with Crippen molar-refractivity contribution in [1.82, 2.24) is 24.9 Å². The Morgan fingerprint density at radius 2 is 1.90 bits per heavy atom. The van der Waals surface area contributed by atoms with Gasteiger partial charge in [-0.25, -0.2) is 9.07 Å². The van der Waals surface area contributed by atoms with Gasteiger partial charge in [0.05, 0.1) is 17.4 Å². The minimum Gasteiger partial charge on any atom is -0.489 e. The second-order valence-electron chi connectivity index (χ2n) is 10.5. The van der Waals surface area contributed by atoms with Crippen LogP contribution >= 0.6 is 0 Å². The van der Waals surface area contributed by atoms with E-state index in [1.165, 1.54) is 15.8 Å². The molecule has 3 aliphatic heterocycles. The first-order valence-electron chi connectivity index (χ1n) is 13.1. The molecule has 2 atom stereocenters. The fourth-order valence-corrected chi connectivity index (χ4v) is 5.56. The van der Waals surface area contributed by atoms with Gasteiger partial charge in [0.25, 0.3) is 5.91 Å². The van der Waals surface area contributed by atoms with Crippen LogP contribution in [0.2, 0.25) is 0 Å². The molecule has 0 radical (unpaired) electrons. The predicted molar refractivity (Wildman–Crippen MR) is 135 cm³/mol. The lowest BCUT2D eigenvalue weighted by Gasteiger charge is -2.29. The lowest BCUT2D eigenvalue weighted by Crippen LogP contribution is -2.52. The molecule has 0 saturated carbocycles. The number of aromatic nitrogens is 2. The van der Waals surface area contributed by atoms with E-state index >= 15 is 0 Å². The fourth-order valence-electron chi connectivity index (χ4n) is 5.56. The number of fused-ring (bicyclic) bond motifs is 1. The molecule has 2 saturated heterocycles. The van der Waals surface area contributed by atoms with Crippen molar-refractivity contribution in [2.45, 2.75) is 50.7 Å². The number of halogens is 4. The number of rotatable bonds is 6. The van der Waals surface area contributed by atoms with E-state index in [-0.39, 0.29) is 36.6 Å². The van der Waals surface area contributed by atoms with E-state index in [1.54, 1.807) is 24.4 Å². The molecule has 4 heterocycles. The number of benzene rings is 2. The molecule has 214 valence electrons. The van der Waals surface area contributed by atoms with E-state index in [2.05, 4.69) is 15.3 Å². The maximum Gasteiger partial charge on any atom is 0.416 e. The lowest BCUT2D eigenvalue weighted by atomic mass is 10.0. The summed E-state index contributed by atoms with van der Waals surface area (Å²) in [7, 11) is 0.